The van der Waals surface area contributed by atoms with Gasteiger partial charge in [0.1, 0.15) is 12.2 Å². The summed E-state index contributed by atoms with van der Waals surface area (Å²) >= 11 is 11.4. The molecule has 8 heteroatoms. The Morgan fingerprint density at radius 2 is 1.66 bits per heavy atom. The maximum absolute atomic E-state index is 12.1. The quantitative estimate of drug-likeness (QED) is 0.203. The molecule has 0 amide bonds. The van der Waals surface area contributed by atoms with Crippen LogP contribution in [0.3, 0.4) is 0 Å². The molecule has 0 bridgehead atoms. The number of halogens is 2. The Kier molecular flexibility index (Phi) is 8.03. The molecule has 4 saturated carbocycles. The van der Waals surface area contributed by atoms with Gasteiger partial charge in [-0.25, -0.2) is 9.59 Å². The first-order valence-corrected chi connectivity index (χ1v) is 14.0. The van der Waals surface area contributed by atoms with E-state index in [1.807, 2.05) is 0 Å². The number of esters is 1. The minimum atomic E-state index is -0.725. The molecule has 0 radical (unpaired) electrons. The molecule has 4 aliphatic carbocycles. The molecule has 10 atom stereocenters. The number of rotatable bonds is 6. The normalized spacial score (nSPS) is 43.2. The second kappa shape index (κ2) is 10.4. The molecule has 0 aromatic carbocycles. The largest absolute Gasteiger partial charge is 0.469 e. The van der Waals surface area contributed by atoms with Gasteiger partial charge in [-0.15, -0.1) is 0 Å². The lowest BCUT2D eigenvalue weighted by Crippen LogP contribution is -2.59. The molecule has 0 spiro atoms. The second-order valence-corrected chi connectivity index (χ2v) is 12.7. The van der Waals surface area contributed by atoms with Crippen LogP contribution in [0.25, 0.3) is 0 Å². The van der Waals surface area contributed by atoms with Crippen LogP contribution < -0.4 is 0 Å². The predicted octanol–water partition coefficient (Wildman–Crippen LogP) is 7.33. The van der Waals surface area contributed by atoms with E-state index in [9.17, 15) is 14.4 Å². The van der Waals surface area contributed by atoms with Crippen LogP contribution in [0.2, 0.25) is 0 Å². The third-order valence-corrected chi connectivity index (χ3v) is 11.2. The number of fused-ring (bicyclic) bond motifs is 5. The molecular weight excluding hydrogens is 491 g/mol. The molecule has 0 heterocycles. The van der Waals surface area contributed by atoms with Gasteiger partial charge < -0.3 is 14.2 Å². The van der Waals surface area contributed by atoms with E-state index in [1.165, 1.54) is 7.11 Å². The smallest absolute Gasteiger partial charge is 0.404 e. The second-order valence-electron chi connectivity index (χ2n) is 12.1. The van der Waals surface area contributed by atoms with Gasteiger partial charge in [0.05, 0.1) is 7.11 Å². The molecule has 198 valence electrons. The Morgan fingerprint density at radius 3 is 2.31 bits per heavy atom. The fraction of sp³-hybridized carbons (Fsp3) is 0.889. The number of carbonyl (C=O) groups excluding carboxylic acids is 3. The van der Waals surface area contributed by atoms with Gasteiger partial charge in [0.15, 0.2) is 0 Å². The molecule has 0 N–H and O–H groups in total. The molecule has 4 rings (SSSR count). The Morgan fingerprint density at radius 1 is 0.943 bits per heavy atom. The fourth-order valence-corrected chi connectivity index (χ4v) is 9.52. The van der Waals surface area contributed by atoms with Crippen LogP contribution in [-0.2, 0) is 19.0 Å². The van der Waals surface area contributed by atoms with E-state index >= 15 is 0 Å². The van der Waals surface area contributed by atoms with E-state index < -0.39 is 10.9 Å². The van der Waals surface area contributed by atoms with Gasteiger partial charge in [0.2, 0.25) is 0 Å². The number of methoxy groups -OCH3 is 1. The van der Waals surface area contributed by atoms with Crippen molar-refractivity contribution in [2.45, 2.75) is 97.2 Å². The number of carbonyl (C=O) groups is 3. The average Bonchev–Trinajstić information content (AvgIpc) is 3.16. The minimum absolute atomic E-state index is 0.105. The molecule has 0 aromatic rings. The molecule has 0 aromatic heterocycles. The molecule has 0 unspecified atom stereocenters. The van der Waals surface area contributed by atoms with E-state index in [4.69, 9.17) is 37.4 Å². The molecule has 0 aliphatic heterocycles. The first-order valence-electron chi connectivity index (χ1n) is 13.3. The first-order chi connectivity index (χ1) is 16.5. The first kappa shape index (κ1) is 27.0. The number of hydrogen-bond acceptors (Lipinski definition) is 6. The van der Waals surface area contributed by atoms with Crippen LogP contribution >= 0.6 is 23.2 Å². The van der Waals surface area contributed by atoms with Gasteiger partial charge in [0.25, 0.3) is 0 Å². The zero-order valence-corrected chi connectivity index (χ0v) is 22.9. The summed E-state index contributed by atoms with van der Waals surface area (Å²) in [6.45, 7) is 6.95. The summed E-state index contributed by atoms with van der Waals surface area (Å²) < 4.78 is 16.2. The lowest BCUT2D eigenvalue weighted by Gasteiger charge is -2.62. The van der Waals surface area contributed by atoms with Crippen LogP contribution in [0.15, 0.2) is 0 Å². The Balaban J connectivity index is 1.58. The van der Waals surface area contributed by atoms with Crippen molar-refractivity contribution in [2.75, 3.05) is 7.11 Å². The molecular formula is C27H40Cl2O6. The van der Waals surface area contributed by atoms with Crippen molar-refractivity contribution in [2.24, 2.45) is 46.3 Å². The summed E-state index contributed by atoms with van der Waals surface area (Å²) in [5.41, 5.74) is -1.48. The predicted molar refractivity (Wildman–Crippen MR) is 133 cm³/mol. The van der Waals surface area contributed by atoms with Gasteiger partial charge in [-0.3, -0.25) is 4.79 Å². The van der Waals surface area contributed by atoms with E-state index in [1.54, 1.807) is 0 Å². The summed E-state index contributed by atoms with van der Waals surface area (Å²) in [7, 11) is 1.43. The van der Waals surface area contributed by atoms with Crippen molar-refractivity contribution in [3.05, 3.63) is 0 Å². The monoisotopic (exact) mass is 530 g/mol. The Hall–Kier alpha value is -1.01. The maximum Gasteiger partial charge on any atom is 0.404 e. The Labute approximate surface area is 219 Å². The van der Waals surface area contributed by atoms with Crippen molar-refractivity contribution in [3.63, 3.8) is 0 Å². The zero-order valence-electron chi connectivity index (χ0n) is 21.4. The lowest BCUT2D eigenvalue weighted by atomic mass is 9.43. The molecule has 4 fully saturated rings. The molecule has 0 saturated heterocycles. The molecule has 6 nitrogen and oxygen atoms in total. The van der Waals surface area contributed by atoms with Crippen molar-refractivity contribution in [1.82, 2.24) is 0 Å². The summed E-state index contributed by atoms with van der Waals surface area (Å²) in [6, 6.07) is 0. The SMILES string of the molecule is COC(=O)CC[C@@H](C)[C@H]1CC[C@H]2[C@@H]3CC[C@@H]4C[C@H](OC(=O)Cl)CC[C@]4(C)[C@H]3C[C@H](OC(=O)Cl)[C@]12C. The summed E-state index contributed by atoms with van der Waals surface area (Å²) in [6.07, 6.45) is 8.81. The average molecular weight is 532 g/mol. The highest BCUT2D eigenvalue weighted by Crippen LogP contribution is 2.69. The standard InChI is InChI=1S/C27H40Cl2O6/c1-15(5-10-23(30)33-4)19-8-9-20-18-7-6-16-13-17(34-24(28)31)11-12-26(16,2)21(18)14-22(27(19,20)3)35-25(29)32/h15-22H,5-14H2,1-4H3/t15-,16-,17-,18+,19-,20+,21+,22+,26+,27-/m1/s1. The highest BCUT2D eigenvalue weighted by Gasteiger charge is 2.65. The van der Waals surface area contributed by atoms with E-state index in [2.05, 4.69) is 20.8 Å². The van der Waals surface area contributed by atoms with E-state index in [0.717, 1.165) is 57.8 Å². The highest BCUT2D eigenvalue weighted by atomic mass is 35.5. The number of ether oxygens (including phenoxy) is 3. The van der Waals surface area contributed by atoms with E-state index in [0.29, 0.717) is 41.9 Å². The van der Waals surface area contributed by atoms with E-state index in [-0.39, 0.29) is 29.0 Å². The zero-order chi connectivity index (χ0) is 25.5. The fourth-order valence-electron chi connectivity index (χ4n) is 9.29. The van der Waals surface area contributed by atoms with Crippen molar-refractivity contribution in [1.29, 1.82) is 0 Å². The topological polar surface area (TPSA) is 78.9 Å². The van der Waals surface area contributed by atoms with Gasteiger partial charge in [0, 0.05) is 35.0 Å². The molecule has 35 heavy (non-hydrogen) atoms. The number of hydrogen-bond donors (Lipinski definition) is 0. The van der Waals surface area contributed by atoms with Crippen molar-refractivity contribution >= 4 is 40.0 Å². The Bertz CT molecular complexity index is 834. The van der Waals surface area contributed by atoms with Crippen LogP contribution in [0.5, 0.6) is 0 Å². The highest BCUT2D eigenvalue weighted by molar-refractivity contribution is 6.61. The van der Waals surface area contributed by atoms with Crippen molar-refractivity contribution < 1.29 is 28.6 Å². The maximum atomic E-state index is 12.1. The van der Waals surface area contributed by atoms with Crippen LogP contribution in [0, 0.1) is 46.3 Å². The van der Waals surface area contributed by atoms with Crippen molar-refractivity contribution in [3.8, 4) is 0 Å². The third-order valence-electron chi connectivity index (χ3n) is 11.0. The summed E-state index contributed by atoms with van der Waals surface area (Å²) in [5.74, 6) is 2.46. The van der Waals surface area contributed by atoms with Crippen LogP contribution in [-0.4, -0.2) is 36.1 Å². The van der Waals surface area contributed by atoms with Gasteiger partial charge in [-0.1, -0.05) is 20.8 Å². The third kappa shape index (κ3) is 4.95. The van der Waals surface area contributed by atoms with Gasteiger partial charge in [-0.05, 0) is 98.7 Å². The molecule has 4 aliphatic rings. The van der Waals surface area contributed by atoms with Gasteiger partial charge >= 0.3 is 16.8 Å². The lowest BCUT2D eigenvalue weighted by molar-refractivity contribution is -0.173. The minimum Gasteiger partial charge on any atom is -0.469 e. The summed E-state index contributed by atoms with van der Waals surface area (Å²) in [5, 5.41) is 0. The summed E-state index contributed by atoms with van der Waals surface area (Å²) in [4.78, 5) is 35.2. The van der Waals surface area contributed by atoms with Gasteiger partial charge in [-0.2, -0.15) is 0 Å². The van der Waals surface area contributed by atoms with Crippen LogP contribution in [0.4, 0.5) is 9.59 Å². The van der Waals surface area contributed by atoms with Crippen LogP contribution in [0.1, 0.15) is 85.0 Å².